The average molecular weight is 505 g/mol. The highest BCUT2D eigenvalue weighted by molar-refractivity contribution is 7.70. The molecule has 0 saturated heterocycles. The van der Waals surface area contributed by atoms with E-state index in [1.165, 1.54) is 0 Å². The molecule has 2 N–H and O–H groups in total. The van der Waals surface area contributed by atoms with Crippen LogP contribution < -0.4 is 25.1 Å². The zero-order chi connectivity index (χ0) is 26.2. The fraction of sp³-hybridized carbons (Fsp3) is 0.231. The van der Waals surface area contributed by atoms with Gasteiger partial charge in [0.2, 0.25) is 0 Å². The molecule has 0 bridgehead atoms. The minimum absolute atomic E-state index is 0.295. The molecule has 1 heterocycles. The molecule has 0 radical (unpaired) electrons. The Kier molecular flexibility index (Phi) is 7.09. The van der Waals surface area contributed by atoms with Crippen molar-refractivity contribution in [3.05, 3.63) is 60.3 Å². The lowest BCUT2D eigenvalue weighted by atomic mass is 9.79. The summed E-state index contributed by atoms with van der Waals surface area (Å²) < 4.78 is 23.7. The monoisotopic (exact) mass is 505 g/mol. The van der Waals surface area contributed by atoms with Crippen LogP contribution in [0.2, 0.25) is 0 Å². The predicted molar refractivity (Wildman–Crippen MR) is 146 cm³/mol. The van der Waals surface area contributed by atoms with Gasteiger partial charge in [0.1, 0.15) is 18.6 Å². The molecule has 0 fully saturated rings. The van der Waals surface area contributed by atoms with Gasteiger partial charge >= 0.3 is 7.12 Å². The predicted octanol–water partition coefficient (Wildman–Crippen LogP) is 3.32. The Hall–Kier alpha value is -3.39. The van der Waals surface area contributed by atoms with E-state index in [1.54, 1.807) is 39.7 Å². The number of fused-ring (bicyclic) bond motifs is 1. The lowest BCUT2D eigenvalue weighted by Gasteiger charge is -2.23. The summed E-state index contributed by atoms with van der Waals surface area (Å²) in [6, 6.07) is 16.6. The Balaban J connectivity index is 1.86. The normalized spacial score (nSPS) is 11.4. The minimum Gasteiger partial charge on any atom is -0.497 e. The van der Waals surface area contributed by atoms with E-state index >= 15 is 0 Å². The zero-order valence-corrected chi connectivity index (χ0v) is 22.1. The molecule has 0 unspecified atom stereocenters. The lowest BCUT2D eigenvalue weighted by Crippen LogP contribution is -2.32. The molecule has 0 amide bonds. The summed E-state index contributed by atoms with van der Waals surface area (Å²) in [4.78, 5) is 1.91. The Labute approximate surface area is 211 Å². The third-order valence-electron chi connectivity index (χ3n) is 6.20. The van der Waals surface area contributed by atoms with Crippen molar-refractivity contribution in [3.8, 4) is 22.6 Å². The van der Waals surface area contributed by atoms with Gasteiger partial charge in [-0.25, -0.2) is 0 Å². The van der Waals surface area contributed by atoms with Gasteiger partial charge in [-0.15, -0.1) is 5.10 Å². The standard InChI is InChI=1S/C26H29BN3O5P/c1-16-23-13-17(18-11-19(27(31)32)14-21(12-18)36(5,6)33)7-9-22(23)26(29-28-16)30(2)24-10-8-20(34-3)15-25(24)35-4/h7-15,31-32H,1-6H3. The van der Waals surface area contributed by atoms with Crippen molar-refractivity contribution in [1.29, 1.82) is 0 Å². The summed E-state index contributed by atoms with van der Waals surface area (Å²) in [5.74, 6) is 1.98. The third-order valence-corrected chi connectivity index (χ3v) is 7.71. The third kappa shape index (κ3) is 4.95. The van der Waals surface area contributed by atoms with Crippen molar-refractivity contribution in [2.45, 2.75) is 6.92 Å². The number of aryl methyl sites for hydroxylation is 1. The van der Waals surface area contributed by atoms with Crippen LogP contribution in [0.4, 0.5) is 11.5 Å². The molecule has 1 aromatic heterocycles. The number of benzene rings is 3. The molecular formula is C26H29BN3O5P. The van der Waals surface area contributed by atoms with Gasteiger partial charge in [0, 0.05) is 29.2 Å². The number of rotatable bonds is 7. The molecule has 8 nitrogen and oxygen atoms in total. The van der Waals surface area contributed by atoms with Crippen molar-refractivity contribution >= 4 is 47.3 Å². The summed E-state index contributed by atoms with van der Waals surface area (Å²) in [7, 11) is 0.815. The number of hydrogen-bond acceptors (Lipinski definition) is 8. The zero-order valence-electron chi connectivity index (χ0n) is 21.2. The maximum Gasteiger partial charge on any atom is 0.488 e. The van der Waals surface area contributed by atoms with E-state index in [9.17, 15) is 14.6 Å². The average Bonchev–Trinajstić information content (AvgIpc) is 2.87. The van der Waals surface area contributed by atoms with Crippen molar-refractivity contribution < 1.29 is 24.1 Å². The van der Waals surface area contributed by atoms with Crippen LogP contribution in [0.15, 0.2) is 54.6 Å². The van der Waals surface area contributed by atoms with Gasteiger partial charge in [-0.2, -0.15) is 5.10 Å². The van der Waals surface area contributed by atoms with Crippen LogP contribution in [0.5, 0.6) is 11.5 Å². The van der Waals surface area contributed by atoms with Crippen molar-refractivity contribution in [1.82, 2.24) is 10.2 Å². The largest absolute Gasteiger partial charge is 0.497 e. The van der Waals surface area contributed by atoms with E-state index in [1.807, 2.05) is 61.3 Å². The number of anilines is 2. The highest BCUT2D eigenvalue weighted by Gasteiger charge is 2.21. The van der Waals surface area contributed by atoms with E-state index < -0.39 is 14.3 Å². The molecule has 4 aromatic rings. The van der Waals surface area contributed by atoms with E-state index in [4.69, 9.17) is 9.47 Å². The Morgan fingerprint density at radius 2 is 1.64 bits per heavy atom. The molecule has 3 aromatic carbocycles. The first-order chi connectivity index (χ1) is 17.0. The molecule has 36 heavy (non-hydrogen) atoms. The van der Waals surface area contributed by atoms with Crippen LogP contribution in [0, 0.1) is 6.92 Å². The van der Waals surface area contributed by atoms with E-state index in [-0.39, 0.29) is 0 Å². The summed E-state index contributed by atoms with van der Waals surface area (Å²) >= 11 is 0. The number of hydrogen-bond donors (Lipinski definition) is 2. The van der Waals surface area contributed by atoms with Gasteiger partial charge in [0.05, 0.1) is 25.6 Å². The van der Waals surface area contributed by atoms with Gasteiger partial charge in [0.15, 0.2) is 5.82 Å². The van der Waals surface area contributed by atoms with Gasteiger partial charge in [0.25, 0.3) is 0 Å². The van der Waals surface area contributed by atoms with E-state index in [0.717, 1.165) is 33.3 Å². The minimum atomic E-state index is -2.63. The summed E-state index contributed by atoms with van der Waals surface area (Å²) in [5.41, 5.74) is 3.43. The van der Waals surface area contributed by atoms with Crippen LogP contribution in [-0.2, 0) is 4.57 Å². The van der Waals surface area contributed by atoms with Gasteiger partial charge in [-0.1, -0.05) is 18.2 Å². The SMILES string of the molecule is COc1ccc(N(C)c2nnc(C)c3cc(-c4cc(B(O)O)cc(P(C)(C)=O)c4)ccc23)c(OC)c1. The molecule has 10 heteroatoms. The van der Waals surface area contributed by atoms with Crippen molar-refractivity contribution in [2.75, 3.05) is 39.5 Å². The topological polar surface area (TPSA) is 105 Å². The molecule has 0 aliphatic heterocycles. The maximum atomic E-state index is 12.8. The van der Waals surface area contributed by atoms with Crippen LogP contribution >= 0.6 is 7.14 Å². The Morgan fingerprint density at radius 1 is 0.889 bits per heavy atom. The highest BCUT2D eigenvalue weighted by Crippen LogP contribution is 2.39. The first-order valence-corrected chi connectivity index (χ1v) is 13.9. The summed E-state index contributed by atoms with van der Waals surface area (Å²) in [5, 5.41) is 30.9. The van der Waals surface area contributed by atoms with Gasteiger partial charge < -0.3 is 29.0 Å². The lowest BCUT2D eigenvalue weighted by molar-refractivity contribution is 0.395. The van der Waals surface area contributed by atoms with E-state index in [0.29, 0.717) is 28.1 Å². The maximum absolute atomic E-state index is 12.8. The second-order valence-corrected chi connectivity index (χ2v) is 12.2. The molecular weight excluding hydrogens is 476 g/mol. The van der Waals surface area contributed by atoms with Crippen LogP contribution in [0.1, 0.15) is 5.69 Å². The fourth-order valence-electron chi connectivity index (χ4n) is 4.13. The Bertz CT molecular complexity index is 1490. The second kappa shape index (κ2) is 9.93. The van der Waals surface area contributed by atoms with Crippen LogP contribution in [0.3, 0.4) is 0 Å². The number of ether oxygens (including phenoxy) is 2. The second-order valence-electron chi connectivity index (χ2n) is 9.00. The molecule has 0 spiro atoms. The molecule has 4 rings (SSSR count). The molecule has 0 aliphatic carbocycles. The summed E-state index contributed by atoms with van der Waals surface area (Å²) in [6.07, 6.45) is 0. The Morgan fingerprint density at radius 3 is 2.28 bits per heavy atom. The smallest absolute Gasteiger partial charge is 0.488 e. The molecule has 186 valence electrons. The molecule has 0 aliphatic rings. The number of aromatic nitrogens is 2. The quantitative estimate of drug-likeness (QED) is 0.291. The molecule has 0 saturated carbocycles. The van der Waals surface area contributed by atoms with Gasteiger partial charge in [-0.3, -0.25) is 0 Å². The van der Waals surface area contributed by atoms with Crippen molar-refractivity contribution in [2.24, 2.45) is 0 Å². The highest BCUT2D eigenvalue weighted by atomic mass is 31.2. The van der Waals surface area contributed by atoms with Crippen molar-refractivity contribution in [3.63, 3.8) is 0 Å². The van der Waals surface area contributed by atoms with Gasteiger partial charge in [-0.05, 0) is 67.2 Å². The van der Waals surface area contributed by atoms with Crippen LogP contribution in [0.25, 0.3) is 21.9 Å². The van der Waals surface area contributed by atoms with Crippen LogP contribution in [-0.4, -0.2) is 62.0 Å². The first-order valence-electron chi connectivity index (χ1n) is 11.3. The van der Waals surface area contributed by atoms with E-state index in [2.05, 4.69) is 10.2 Å². The first kappa shape index (κ1) is 25.7. The summed E-state index contributed by atoms with van der Waals surface area (Å²) in [6.45, 7) is 5.22. The number of methoxy groups -OCH3 is 2. The fourth-order valence-corrected chi connectivity index (χ4v) is 5.04. The molecule has 0 atom stereocenters. The number of nitrogens with zero attached hydrogens (tertiary/aromatic N) is 3.